The highest BCUT2D eigenvalue weighted by atomic mass is 16.1. The third-order valence-corrected chi connectivity index (χ3v) is 2.10. The lowest BCUT2D eigenvalue weighted by Crippen LogP contribution is -2.01. The molecule has 1 aliphatic rings. The van der Waals surface area contributed by atoms with Gasteiger partial charge in [-0.05, 0) is 18.1 Å². The fourth-order valence-corrected chi connectivity index (χ4v) is 1.56. The summed E-state index contributed by atoms with van der Waals surface area (Å²) in [6.07, 6.45) is 4.98. The number of aromatic nitrogens is 1. The van der Waals surface area contributed by atoms with Crippen LogP contribution in [-0.2, 0) is 17.6 Å². The summed E-state index contributed by atoms with van der Waals surface area (Å²) in [4.78, 5) is 17.9. The Morgan fingerprint density at radius 2 is 2.50 bits per heavy atom. The fraction of sp³-hybridized carbons (Fsp3) is 0.333. The summed E-state index contributed by atoms with van der Waals surface area (Å²) in [6, 6.07) is 4.02. The van der Waals surface area contributed by atoms with Gasteiger partial charge < -0.3 is 0 Å². The van der Waals surface area contributed by atoms with E-state index >= 15 is 0 Å². The van der Waals surface area contributed by atoms with Crippen molar-refractivity contribution in [1.29, 1.82) is 0 Å². The molecule has 0 saturated carbocycles. The molecule has 1 heterocycles. The lowest BCUT2D eigenvalue weighted by Gasteiger charge is -1.93. The van der Waals surface area contributed by atoms with E-state index in [9.17, 15) is 4.79 Å². The van der Waals surface area contributed by atoms with Crippen molar-refractivity contribution in [3.8, 4) is 0 Å². The summed E-state index contributed by atoms with van der Waals surface area (Å²) in [7, 11) is 0. The van der Waals surface area contributed by atoms with Crippen LogP contribution in [0.15, 0.2) is 23.3 Å². The van der Waals surface area contributed by atoms with Crippen LogP contribution in [0, 0.1) is 0 Å². The van der Waals surface area contributed by atoms with Crippen LogP contribution in [0.1, 0.15) is 11.3 Å². The largest absolute Gasteiger partial charge is 0.261 e. The van der Waals surface area contributed by atoms with Gasteiger partial charge in [0.2, 0.25) is 6.08 Å². The number of fused-ring (bicyclic) bond motifs is 1. The van der Waals surface area contributed by atoms with Crippen LogP contribution in [-0.4, -0.2) is 17.1 Å². The molecule has 0 radical (unpaired) electrons. The molecule has 0 bridgehead atoms. The van der Waals surface area contributed by atoms with E-state index in [1.165, 1.54) is 5.56 Å². The summed E-state index contributed by atoms with van der Waals surface area (Å²) in [5.74, 6) is 0. The molecule has 60 valence electrons. The van der Waals surface area contributed by atoms with E-state index < -0.39 is 0 Å². The van der Waals surface area contributed by atoms with Gasteiger partial charge in [0.15, 0.2) is 0 Å². The van der Waals surface area contributed by atoms with E-state index in [-0.39, 0.29) is 6.04 Å². The Morgan fingerprint density at radius 3 is 3.25 bits per heavy atom. The van der Waals surface area contributed by atoms with Crippen molar-refractivity contribution < 1.29 is 4.79 Å². The van der Waals surface area contributed by atoms with Gasteiger partial charge in [0, 0.05) is 18.3 Å². The Bertz CT molecular complexity index is 317. The van der Waals surface area contributed by atoms with Gasteiger partial charge in [-0.3, -0.25) is 4.98 Å². The van der Waals surface area contributed by atoms with Gasteiger partial charge in [0.05, 0.1) is 6.04 Å². The van der Waals surface area contributed by atoms with Gasteiger partial charge in [0.25, 0.3) is 0 Å². The van der Waals surface area contributed by atoms with Crippen molar-refractivity contribution in [1.82, 2.24) is 4.98 Å². The normalized spacial score (nSPS) is 19.8. The molecule has 0 spiro atoms. The molecule has 3 heteroatoms. The molecule has 0 aromatic carbocycles. The molecule has 1 aromatic rings. The summed E-state index contributed by atoms with van der Waals surface area (Å²) in [6.45, 7) is 0. The minimum absolute atomic E-state index is 0.0763. The van der Waals surface area contributed by atoms with Gasteiger partial charge in [-0.2, -0.15) is 0 Å². The van der Waals surface area contributed by atoms with Crippen LogP contribution in [0.2, 0.25) is 0 Å². The topological polar surface area (TPSA) is 42.3 Å². The summed E-state index contributed by atoms with van der Waals surface area (Å²) < 4.78 is 0. The second kappa shape index (κ2) is 2.88. The van der Waals surface area contributed by atoms with E-state index in [1.807, 2.05) is 12.1 Å². The zero-order chi connectivity index (χ0) is 8.39. The first kappa shape index (κ1) is 7.19. The van der Waals surface area contributed by atoms with E-state index in [0.717, 1.165) is 18.5 Å². The van der Waals surface area contributed by atoms with Crippen LogP contribution >= 0.6 is 0 Å². The maximum Gasteiger partial charge on any atom is 0.235 e. The summed E-state index contributed by atoms with van der Waals surface area (Å²) in [5, 5.41) is 0. The molecule has 0 amide bonds. The Kier molecular flexibility index (Phi) is 1.72. The molecule has 0 aliphatic heterocycles. The van der Waals surface area contributed by atoms with Crippen LogP contribution in [0.3, 0.4) is 0 Å². The first-order valence-electron chi connectivity index (χ1n) is 3.90. The minimum Gasteiger partial charge on any atom is -0.261 e. The molecule has 2 rings (SSSR count). The summed E-state index contributed by atoms with van der Waals surface area (Å²) >= 11 is 0. The Morgan fingerprint density at radius 1 is 1.58 bits per heavy atom. The third-order valence-electron chi connectivity index (χ3n) is 2.10. The maximum atomic E-state index is 10.00. The van der Waals surface area contributed by atoms with Gasteiger partial charge in [-0.15, -0.1) is 0 Å². The first-order valence-corrected chi connectivity index (χ1v) is 3.90. The molecule has 0 N–H and O–H groups in total. The molecular weight excluding hydrogens is 152 g/mol. The molecule has 1 aliphatic carbocycles. The highest BCUT2D eigenvalue weighted by Gasteiger charge is 2.20. The zero-order valence-electron chi connectivity index (χ0n) is 6.53. The van der Waals surface area contributed by atoms with E-state index in [2.05, 4.69) is 9.98 Å². The Labute approximate surface area is 70.2 Å². The number of aliphatic imine (C=N–C) groups is 1. The molecule has 0 saturated heterocycles. The number of hydrogen-bond acceptors (Lipinski definition) is 3. The number of isocyanates is 1. The van der Waals surface area contributed by atoms with Gasteiger partial charge in [0.1, 0.15) is 0 Å². The van der Waals surface area contributed by atoms with E-state index in [0.29, 0.717) is 0 Å². The second-order valence-corrected chi connectivity index (χ2v) is 2.89. The number of nitrogens with zero attached hydrogens (tertiary/aromatic N) is 2. The predicted octanol–water partition coefficient (Wildman–Crippen LogP) is 0.885. The van der Waals surface area contributed by atoms with Gasteiger partial charge in [-0.25, -0.2) is 9.79 Å². The second-order valence-electron chi connectivity index (χ2n) is 2.89. The lowest BCUT2D eigenvalue weighted by atomic mass is 10.2. The first-order chi connectivity index (χ1) is 5.90. The molecule has 1 aromatic heterocycles. The van der Waals surface area contributed by atoms with Crippen molar-refractivity contribution >= 4 is 6.08 Å². The average molecular weight is 160 g/mol. The van der Waals surface area contributed by atoms with Crippen LogP contribution in [0.4, 0.5) is 0 Å². The number of carbonyl (C=O) groups excluding carboxylic acids is 1. The minimum atomic E-state index is 0.0763. The van der Waals surface area contributed by atoms with E-state index in [4.69, 9.17) is 0 Å². The molecule has 0 fully saturated rings. The smallest absolute Gasteiger partial charge is 0.235 e. The zero-order valence-corrected chi connectivity index (χ0v) is 6.53. The van der Waals surface area contributed by atoms with Gasteiger partial charge in [-0.1, -0.05) is 6.07 Å². The Hall–Kier alpha value is -1.47. The highest BCUT2D eigenvalue weighted by molar-refractivity contribution is 5.36. The molecule has 1 atom stereocenters. The molecule has 3 nitrogen and oxygen atoms in total. The average Bonchev–Trinajstić information content (AvgIpc) is 2.47. The maximum absolute atomic E-state index is 10.00. The molecule has 1 unspecified atom stereocenters. The lowest BCUT2D eigenvalue weighted by molar-refractivity contribution is 0.557. The van der Waals surface area contributed by atoms with Crippen molar-refractivity contribution in [3.63, 3.8) is 0 Å². The Balaban J connectivity index is 2.27. The number of pyridine rings is 1. The van der Waals surface area contributed by atoms with Crippen LogP contribution in [0.5, 0.6) is 0 Å². The quantitative estimate of drug-likeness (QED) is 0.452. The SMILES string of the molecule is O=C=NC1Cc2cccnc2C1. The predicted molar refractivity (Wildman–Crippen MR) is 43.6 cm³/mol. The number of hydrogen-bond donors (Lipinski definition) is 0. The highest BCUT2D eigenvalue weighted by Crippen LogP contribution is 2.21. The fourth-order valence-electron chi connectivity index (χ4n) is 1.56. The molecule has 12 heavy (non-hydrogen) atoms. The van der Waals surface area contributed by atoms with Crippen LogP contribution < -0.4 is 0 Å². The standard InChI is InChI=1S/C9H8N2O/c12-6-11-8-4-7-2-1-3-10-9(7)5-8/h1-3,8H,4-5H2. The van der Waals surface area contributed by atoms with Crippen LogP contribution in [0.25, 0.3) is 0 Å². The van der Waals surface area contributed by atoms with E-state index in [1.54, 1.807) is 12.3 Å². The monoisotopic (exact) mass is 160 g/mol. The van der Waals surface area contributed by atoms with Crippen molar-refractivity contribution in [2.45, 2.75) is 18.9 Å². The molecular formula is C9H8N2O. The number of rotatable bonds is 1. The van der Waals surface area contributed by atoms with Gasteiger partial charge >= 0.3 is 0 Å². The third kappa shape index (κ3) is 1.15. The van der Waals surface area contributed by atoms with Crippen molar-refractivity contribution in [3.05, 3.63) is 29.6 Å². The van der Waals surface area contributed by atoms with Crippen molar-refractivity contribution in [2.75, 3.05) is 0 Å². The summed E-state index contributed by atoms with van der Waals surface area (Å²) in [5.41, 5.74) is 2.28. The van der Waals surface area contributed by atoms with Crippen molar-refractivity contribution in [2.24, 2.45) is 4.99 Å².